The minimum atomic E-state index is -4.16. The minimum Gasteiger partial charge on any atom is -0.468 e. The molecule has 0 radical (unpaired) electrons. The Morgan fingerprint density at radius 1 is 1.37 bits per heavy atom. The summed E-state index contributed by atoms with van der Waals surface area (Å²) in [6.45, 7) is 0.0192. The first kappa shape index (κ1) is 16.2. The van der Waals surface area contributed by atoms with E-state index in [9.17, 15) is 18.0 Å². The molecule has 1 N–H and O–H groups in total. The molecule has 1 unspecified atom stereocenters. The third kappa shape index (κ3) is 4.65. The summed E-state index contributed by atoms with van der Waals surface area (Å²) in [6, 6.07) is 0. The lowest BCUT2D eigenvalue weighted by molar-refractivity contribution is -0.154. The maximum Gasteiger partial charge on any atom is 0.389 e. The van der Waals surface area contributed by atoms with Crippen molar-refractivity contribution >= 4 is 5.97 Å². The topological polar surface area (TPSA) is 47.6 Å². The fourth-order valence-corrected chi connectivity index (χ4v) is 2.09. The second-order valence-electron chi connectivity index (χ2n) is 4.76. The monoisotopic (exact) mass is 283 g/mol. The third-order valence-electron chi connectivity index (χ3n) is 3.35. The number of likely N-dealkylation sites (N-methyl/N-ethyl adjacent to an activating group) is 1. The van der Waals surface area contributed by atoms with E-state index in [4.69, 9.17) is 9.47 Å². The molecule has 0 aromatic heterocycles. The van der Waals surface area contributed by atoms with Crippen LogP contribution in [-0.4, -0.2) is 45.1 Å². The summed E-state index contributed by atoms with van der Waals surface area (Å²) >= 11 is 0. The Labute approximate surface area is 110 Å². The first-order chi connectivity index (χ1) is 8.85. The van der Waals surface area contributed by atoms with E-state index in [1.165, 1.54) is 7.11 Å². The summed E-state index contributed by atoms with van der Waals surface area (Å²) in [5.41, 5.74) is -0.924. The van der Waals surface area contributed by atoms with Gasteiger partial charge < -0.3 is 14.8 Å². The zero-order valence-electron chi connectivity index (χ0n) is 11.2. The van der Waals surface area contributed by atoms with E-state index in [0.717, 1.165) is 12.8 Å². The van der Waals surface area contributed by atoms with Crippen molar-refractivity contribution < 1.29 is 27.4 Å². The number of rotatable bonds is 8. The number of hydrogen-bond acceptors (Lipinski definition) is 4. The molecule has 1 rings (SSSR count). The van der Waals surface area contributed by atoms with Crippen molar-refractivity contribution in [2.75, 3.05) is 27.4 Å². The maximum absolute atomic E-state index is 12.0. The lowest BCUT2D eigenvalue weighted by atomic mass is 9.94. The fourth-order valence-electron chi connectivity index (χ4n) is 2.09. The Balaban J connectivity index is 2.40. The Morgan fingerprint density at radius 3 is 2.42 bits per heavy atom. The predicted octanol–water partition coefficient (Wildman–Crippen LogP) is 1.89. The van der Waals surface area contributed by atoms with Crippen LogP contribution in [0, 0.1) is 5.92 Å². The van der Waals surface area contributed by atoms with Gasteiger partial charge in [0, 0.05) is 13.0 Å². The molecule has 1 aliphatic carbocycles. The molecule has 7 heteroatoms. The number of nitrogens with one attached hydrogen (secondary N) is 1. The molecule has 0 bridgehead atoms. The third-order valence-corrected chi connectivity index (χ3v) is 3.35. The van der Waals surface area contributed by atoms with Crippen LogP contribution in [0.15, 0.2) is 0 Å². The normalized spacial score (nSPS) is 19.0. The van der Waals surface area contributed by atoms with Gasteiger partial charge in [0.2, 0.25) is 0 Å². The van der Waals surface area contributed by atoms with Gasteiger partial charge in [-0.05, 0) is 32.2 Å². The standard InChI is InChI=1S/C12H20F3NO3/c1-16-11(9-4-5-9,10(17)18-2)8-19-7-3-6-12(13,14)15/h9,16H,3-8H2,1-2H3. The van der Waals surface area contributed by atoms with E-state index in [1.807, 2.05) is 0 Å². The molecule has 0 aliphatic heterocycles. The first-order valence-electron chi connectivity index (χ1n) is 6.27. The number of hydrogen-bond donors (Lipinski definition) is 1. The SMILES string of the molecule is CNC(COCCCC(F)(F)F)(C(=O)OC)C1CC1. The van der Waals surface area contributed by atoms with Gasteiger partial charge in [0.25, 0.3) is 0 Å². The Bertz CT molecular complexity index is 305. The molecule has 0 aromatic carbocycles. The summed E-state index contributed by atoms with van der Waals surface area (Å²) in [7, 11) is 2.93. The molecule has 1 saturated carbocycles. The minimum absolute atomic E-state index is 0.0212. The predicted molar refractivity (Wildman–Crippen MR) is 62.6 cm³/mol. The fraction of sp³-hybridized carbons (Fsp3) is 0.917. The number of alkyl halides is 3. The van der Waals surface area contributed by atoms with Crippen LogP contribution in [0.5, 0.6) is 0 Å². The molecule has 19 heavy (non-hydrogen) atoms. The van der Waals surface area contributed by atoms with E-state index < -0.39 is 24.1 Å². The van der Waals surface area contributed by atoms with Gasteiger partial charge in [-0.15, -0.1) is 0 Å². The highest BCUT2D eigenvalue weighted by molar-refractivity contribution is 5.82. The van der Waals surface area contributed by atoms with Gasteiger partial charge in [-0.2, -0.15) is 13.2 Å². The van der Waals surface area contributed by atoms with E-state index >= 15 is 0 Å². The van der Waals surface area contributed by atoms with Crippen LogP contribution >= 0.6 is 0 Å². The van der Waals surface area contributed by atoms with Crippen molar-refractivity contribution in [2.45, 2.75) is 37.4 Å². The molecule has 0 amide bonds. The van der Waals surface area contributed by atoms with Crippen LogP contribution in [-0.2, 0) is 14.3 Å². The van der Waals surface area contributed by atoms with Crippen LogP contribution in [0.4, 0.5) is 13.2 Å². The average Bonchev–Trinajstić information content (AvgIpc) is 3.16. The lowest BCUT2D eigenvalue weighted by Crippen LogP contribution is -2.56. The quantitative estimate of drug-likeness (QED) is 0.546. The Morgan fingerprint density at radius 2 is 2.00 bits per heavy atom. The molecule has 1 aliphatic rings. The molecule has 1 fully saturated rings. The van der Waals surface area contributed by atoms with Gasteiger partial charge in [-0.3, -0.25) is 0 Å². The van der Waals surface area contributed by atoms with Gasteiger partial charge in [0.1, 0.15) is 5.54 Å². The van der Waals surface area contributed by atoms with Gasteiger partial charge in [-0.1, -0.05) is 0 Å². The average molecular weight is 283 g/mol. The van der Waals surface area contributed by atoms with Crippen molar-refractivity contribution in [1.29, 1.82) is 0 Å². The summed E-state index contributed by atoms with van der Waals surface area (Å²) in [6.07, 6.45) is -3.36. The van der Waals surface area contributed by atoms with E-state index in [1.54, 1.807) is 7.05 Å². The van der Waals surface area contributed by atoms with Crippen LogP contribution in [0.25, 0.3) is 0 Å². The highest BCUT2D eigenvalue weighted by atomic mass is 19.4. The van der Waals surface area contributed by atoms with E-state index in [-0.39, 0.29) is 25.6 Å². The first-order valence-corrected chi connectivity index (χ1v) is 6.27. The van der Waals surface area contributed by atoms with Crippen LogP contribution in [0.1, 0.15) is 25.7 Å². The second-order valence-corrected chi connectivity index (χ2v) is 4.76. The molecular formula is C12H20F3NO3. The molecule has 112 valence electrons. The second kappa shape index (κ2) is 6.56. The molecule has 0 heterocycles. The number of carbonyl (C=O) groups is 1. The van der Waals surface area contributed by atoms with E-state index in [0.29, 0.717) is 0 Å². The van der Waals surface area contributed by atoms with Crippen LogP contribution in [0.3, 0.4) is 0 Å². The van der Waals surface area contributed by atoms with Gasteiger partial charge in [0.05, 0.1) is 13.7 Å². The molecule has 0 aromatic rings. The van der Waals surface area contributed by atoms with Crippen LogP contribution < -0.4 is 5.32 Å². The zero-order valence-corrected chi connectivity index (χ0v) is 11.2. The van der Waals surface area contributed by atoms with Crippen molar-refractivity contribution in [3.8, 4) is 0 Å². The summed E-state index contributed by atoms with van der Waals surface area (Å²) in [5, 5.41) is 2.91. The molecule has 1 atom stereocenters. The number of esters is 1. The summed E-state index contributed by atoms with van der Waals surface area (Å²) < 4.78 is 45.9. The van der Waals surface area contributed by atoms with Crippen molar-refractivity contribution in [2.24, 2.45) is 5.92 Å². The summed E-state index contributed by atoms with van der Waals surface area (Å²) in [4.78, 5) is 11.8. The number of carbonyl (C=O) groups excluding carboxylic acids is 1. The Hall–Kier alpha value is -0.820. The zero-order chi connectivity index (χ0) is 14.5. The lowest BCUT2D eigenvalue weighted by Gasteiger charge is -2.30. The van der Waals surface area contributed by atoms with Gasteiger partial charge in [-0.25, -0.2) is 4.79 Å². The molecule has 0 spiro atoms. The van der Waals surface area contributed by atoms with Crippen molar-refractivity contribution in [3.63, 3.8) is 0 Å². The number of methoxy groups -OCH3 is 1. The van der Waals surface area contributed by atoms with Crippen LogP contribution in [0.2, 0.25) is 0 Å². The van der Waals surface area contributed by atoms with E-state index in [2.05, 4.69) is 5.32 Å². The Kier molecular flexibility index (Phi) is 5.61. The van der Waals surface area contributed by atoms with Crippen molar-refractivity contribution in [3.05, 3.63) is 0 Å². The number of halogens is 3. The largest absolute Gasteiger partial charge is 0.468 e. The smallest absolute Gasteiger partial charge is 0.389 e. The number of ether oxygens (including phenoxy) is 2. The highest BCUT2D eigenvalue weighted by Gasteiger charge is 2.51. The molecule has 4 nitrogen and oxygen atoms in total. The highest BCUT2D eigenvalue weighted by Crippen LogP contribution is 2.40. The van der Waals surface area contributed by atoms with Gasteiger partial charge in [0.15, 0.2) is 0 Å². The summed E-state index contributed by atoms with van der Waals surface area (Å²) in [5.74, 6) is -0.291. The molecule has 0 saturated heterocycles. The van der Waals surface area contributed by atoms with Crippen molar-refractivity contribution in [1.82, 2.24) is 5.32 Å². The maximum atomic E-state index is 12.0. The van der Waals surface area contributed by atoms with Gasteiger partial charge >= 0.3 is 12.1 Å². The molecular weight excluding hydrogens is 263 g/mol.